The van der Waals surface area contributed by atoms with Crippen LogP contribution in [0.4, 0.5) is 0 Å². The number of carbonyl (C=O) groups is 1. The molecule has 27 heavy (non-hydrogen) atoms. The number of nitrogens with one attached hydrogen (secondary N) is 2. The molecule has 0 spiro atoms. The number of benzene rings is 2. The number of fused-ring (bicyclic) bond motifs is 1. The van der Waals surface area contributed by atoms with Crippen molar-refractivity contribution in [3.8, 4) is 11.1 Å². The Morgan fingerprint density at radius 2 is 1.85 bits per heavy atom. The quantitative estimate of drug-likeness (QED) is 0.399. The van der Waals surface area contributed by atoms with Crippen molar-refractivity contribution in [1.82, 2.24) is 10.4 Å². The Hall–Kier alpha value is -3.60. The van der Waals surface area contributed by atoms with Crippen LogP contribution in [0.15, 0.2) is 76.2 Å². The van der Waals surface area contributed by atoms with E-state index in [-0.39, 0.29) is 5.91 Å². The minimum absolute atomic E-state index is 0.302. The van der Waals surface area contributed by atoms with Crippen LogP contribution in [0.2, 0.25) is 0 Å². The lowest BCUT2D eigenvalue weighted by Gasteiger charge is -2.04. The molecule has 5 nitrogen and oxygen atoms in total. The van der Waals surface area contributed by atoms with Crippen molar-refractivity contribution in [3.05, 3.63) is 83.9 Å². The maximum atomic E-state index is 12.8. The van der Waals surface area contributed by atoms with E-state index in [0.29, 0.717) is 11.5 Å². The van der Waals surface area contributed by atoms with E-state index in [9.17, 15) is 4.79 Å². The molecule has 4 rings (SSSR count). The molecular formula is C22H19N3O2. The molecule has 0 aliphatic rings. The van der Waals surface area contributed by atoms with Crippen LogP contribution in [-0.2, 0) is 6.42 Å². The topological polar surface area (TPSA) is 70.4 Å². The molecule has 2 aromatic carbocycles. The summed E-state index contributed by atoms with van der Waals surface area (Å²) >= 11 is 0. The van der Waals surface area contributed by atoms with Gasteiger partial charge in [-0.2, -0.15) is 5.10 Å². The highest BCUT2D eigenvalue weighted by Gasteiger charge is 2.18. The smallest absolute Gasteiger partial charge is 0.288 e. The van der Waals surface area contributed by atoms with Crippen molar-refractivity contribution in [2.24, 2.45) is 5.10 Å². The summed E-state index contributed by atoms with van der Waals surface area (Å²) in [5.74, 6) is 1.18. The molecule has 2 heterocycles. The van der Waals surface area contributed by atoms with Crippen LogP contribution in [0.25, 0.3) is 22.0 Å². The van der Waals surface area contributed by atoms with E-state index >= 15 is 0 Å². The number of aryl methyl sites for hydroxylation is 1. The maximum absolute atomic E-state index is 12.8. The molecule has 0 aliphatic carbocycles. The van der Waals surface area contributed by atoms with Crippen molar-refractivity contribution in [2.75, 3.05) is 0 Å². The molecule has 4 aromatic rings. The molecule has 1 amide bonds. The summed E-state index contributed by atoms with van der Waals surface area (Å²) in [6, 6.07) is 21.4. The molecule has 0 radical (unpaired) electrons. The molecule has 0 bridgehead atoms. The Balaban J connectivity index is 1.65. The van der Waals surface area contributed by atoms with E-state index < -0.39 is 0 Å². The summed E-state index contributed by atoms with van der Waals surface area (Å²) in [5, 5.41) is 5.03. The van der Waals surface area contributed by atoms with Gasteiger partial charge in [-0.3, -0.25) is 4.79 Å². The molecule has 0 fully saturated rings. The van der Waals surface area contributed by atoms with Gasteiger partial charge in [0.2, 0.25) is 0 Å². The summed E-state index contributed by atoms with van der Waals surface area (Å²) in [6.45, 7) is 2.02. The molecule has 0 saturated carbocycles. The second-order valence-electron chi connectivity index (χ2n) is 6.14. The zero-order chi connectivity index (χ0) is 18.6. The first kappa shape index (κ1) is 16.8. The highest BCUT2D eigenvalue weighted by molar-refractivity contribution is 6.09. The number of furan rings is 1. The van der Waals surface area contributed by atoms with Gasteiger partial charge in [0.05, 0.1) is 6.21 Å². The Labute approximate surface area is 156 Å². The fraction of sp³-hybridized carbons (Fsp3) is 0.0909. The van der Waals surface area contributed by atoms with Gasteiger partial charge in [-0.05, 0) is 23.8 Å². The van der Waals surface area contributed by atoms with Crippen molar-refractivity contribution in [2.45, 2.75) is 13.3 Å². The summed E-state index contributed by atoms with van der Waals surface area (Å²) in [5.41, 5.74) is 5.81. The van der Waals surface area contributed by atoms with Crippen molar-refractivity contribution < 1.29 is 9.21 Å². The molecular weight excluding hydrogens is 338 g/mol. The zero-order valence-corrected chi connectivity index (χ0v) is 14.9. The lowest BCUT2D eigenvalue weighted by molar-refractivity contribution is 0.0951. The van der Waals surface area contributed by atoms with Gasteiger partial charge in [-0.15, -0.1) is 0 Å². The third-order valence-electron chi connectivity index (χ3n) is 4.38. The average molecular weight is 357 g/mol. The van der Waals surface area contributed by atoms with Crippen molar-refractivity contribution >= 4 is 23.0 Å². The van der Waals surface area contributed by atoms with Crippen LogP contribution in [0.5, 0.6) is 0 Å². The third-order valence-corrected chi connectivity index (χ3v) is 4.38. The molecule has 134 valence electrons. The average Bonchev–Trinajstić information content (AvgIpc) is 3.33. The largest absolute Gasteiger partial charge is 0.460 e. The predicted molar refractivity (Wildman–Crippen MR) is 107 cm³/mol. The fourth-order valence-corrected chi connectivity index (χ4v) is 3.08. The summed E-state index contributed by atoms with van der Waals surface area (Å²) in [4.78, 5) is 16.0. The number of hydrogen-bond acceptors (Lipinski definition) is 3. The van der Waals surface area contributed by atoms with Gasteiger partial charge in [0.15, 0.2) is 0 Å². The van der Waals surface area contributed by atoms with Gasteiger partial charge in [0.25, 0.3) is 5.91 Å². The molecule has 2 N–H and O–H groups in total. The third kappa shape index (κ3) is 3.40. The molecule has 0 unspecified atom stereocenters. The first-order chi connectivity index (χ1) is 13.3. The Morgan fingerprint density at radius 3 is 2.63 bits per heavy atom. The maximum Gasteiger partial charge on any atom is 0.288 e. The number of aromatic amines is 1. The normalized spacial score (nSPS) is 11.3. The zero-order valence-electron chi connectivity index (χ0n) is 14.9. The number of amides is 1. The van der Waals surface area contributed by atoms with Gasteiger partial charge < -0.3 is 9.40 Å². The minimum Gasteiger partial charge on any atom is -0.460 e. The monoisotopic (exact) mass is 357 g/mol. The molecule has 0 saturated heterocycles. The number of H-pyrrole nitrogens is 1. The van der Waals surface area contributed by atoms with Gasteiger partial charge in [0, 0.05) is 22.9 Å². The number of para-hydroxylation sites is 1. The van der Waals surface area contributed by atoms with Crippen LogP contribution < -0.4 is 5.43 Å². The van der Waals surface area contributed by atoms with E-state index in [4.69, 9.17) is 4.42 Å². The predicted octanol–water partition coefficient (Wildman–Crippen LogP) is 4.75. The fourth-order valence-electron chi connectivity index (χ4n) is 3.08. The lowest BCUT2D eigenvalue weighted by atomic mass is 10.0. The number of hydrogen-bond donors (Lipinski definition) is 2. The van der Waals surface area contributed by atoms with Crippen molar-refractivity contribution in [1.29, 1.82) is 0 Å². The number of rotatable bonds is 5. The number of aromatic nitrogens is 1. The van der Waals surface area contributed by atoms with Gasteiger partial charge in [-0.25, -0.2) is 5.43 Å². The van der Waals surface area contributed by atoms with E-state index in [1.165, 1.54) is 6.21 Å². The first-order valence-corrected chi connectivity index (χ1v) is 8.84. The number of carbonyl (C=O) groups excluding carboxylic acids is 1. The van der Waals surface area contributed by atoms with E-state index in [1.54, 1.807) is 0 Å². The first-order valence-electron chi connectivity index (χ1n) is 8.84. The number of hydrazone groups is 1. The van der Waals surface area contributed by atoms with E-state index in [0.717, 1.165) is 34.2 Å². The Bertz CT molecular complexity index is 1110. The molecule has 0 atom stereocenters. The van der Waals surface area contributed by atoms with Crippen LogP contribution in [-0.4, -0.2) is 17.1 Å². The molecule has 2 aromatic heterocycles. The lowest BCUT2D eigenvalue weighted by Crippen LogP contribution is -2.18. The van der Waals surface area contributed by atoms with Gasteiger partial charge in [-0.1, -0.05) is 55.5 Å². The highest BCUT2D eigenvalue weighted by atomic mass is 16.3. The van der Waals surface area contributed by atoms with E-state index in [2.05, 4.69) is 15.5 Å². The van der Waals surface area contributed by atoms with Crippen LogP contribution in [0, 0.1) is 0 Å². The van der Waals surface area contributed by atoms with Gasteiger partial charge >= 0.3 is 0 Å². The summed E-state index contributed by atoms with van der Waals surface area (Å²) in [6.07, 6.45) is 2.32. The number of nitrogens with zero attached hydrogens (tertiary/aromatic N) is 1. The Morgan fingerprint density at radius 1 is 1.07 bits per heavy atom. The summed E-state index contributed by atoms with van der Waals surface area (Å²) < 4.78 is 5.55. The second-order valence-corrected chi connectivity index (χ2v) is 6.14. The minimum atomic E-state index is -0.302. The van der Waals surface area contributed by atoms with Crippen LogP contribution in [0.1, 0.15) is 28.9 Å². The van der Waals surface area contributed by atoms with Gasteiger partial charge in [0.1, 0.15) is 17.2 Å². The van der Waals surface area contributed by atoms with Crippen LogP contribution in [0.3, 0.4) is 0 Å². The highest BCUT2D eigenvalue weighted by Crippen LogP contribution is 2.32. The van der Waals surface area contributed by atoms with E-state index in [1.807, 2.05) is 73.7 Å². The Kier molecular flexibility index (Phi) is 4.58. The van der Waals surface area contributed by atoms with Crippen molar-refractivity contribution in [3.63, 3.8) is 0 Å². The van der Waals surface area contributed by atoms with Crippen LogP contribution >= 0.6 is 0 Å². The SMILES string of the molecule is CCc1ccc(/C=N\NC(=O)c2[nH]c3ccccc3c2-c2ccccc2)o1. The molecule has 5 heteroatoms. The standard InChI is InChI=1S/C22H19N3O2/c1-2-16-12-13-17(27-16)14-23-25-22(26)21-20(15-8-4-3-5-9-15)18-10-6-7-11-19(18)24-21/h3-14,24H,2H2,1H3,(H,25,26)/b23-14-. The second kappa shape index (κ2) is 7.33. The summed E-state index contributed by atoms with van der Waals surface area (Å²) in [7, 11) is 0. The molecule has 0 aliphatic heterocycles.